The third-order valence-electron chi connectivity index (χ3n) is 4.74. The van der Waals surface area contributed by atoms with Crippen LogP contribution in [0.1, 0.15) is 32.6 Å². The second-order valence-corrected chi connectivity index (χ2v) is 8.70. The first kappa shape index (κ1) is 20.5. The predicted molar refractivity (Wildman–Crippen MR) is 111 cm³/mol. The summed E-state index contributed by atoms with van der Waals surface area (Å²) >= 11 is 5.89. The largest absolute Gasteiger partial charge is 0.295 e. The zero-order valence-electron chi connectivity index (χ0n) is 16.0. The summed E-state index contributed by atoms with van der Waals surface area (Å²) in [5.41, 5.74) is 0.383. The Kier molecular flexibility index (Phi) is 5.88. The lowest BCUT2D eigenvalue weighted by Crippen LogP contribution is -2.37. The monoisotopic (exact) mass is 419 g/mol. The van der Waals surface area contributed by atoms with Crippen molar-refractivity contribution in [2.75, 3.05) is 6.54 Å². The lowest BCUT2D eigenvalue weighted by atomic mass is 10.2. The number of nitrogens with zero attached hydrogens (tertiary/aromatic N) is 3. The molecule has 2 aromatic carbocycles. The Bertz CT molecular complexity index is 1160. The van der Waals surface area contributed by atoms with Gasteiger partial charge in [-0.05, 0) is 50.2 Å². The van der Waals surface area contributed by atoms with E-state index < -0.39 is 16.1 Å². The van der Waals surface area contributed by atoms with Crippen LogP contribution in [0.25, 0.3) is 10.9 Å². The number of rotatable bonds is 6. The number of halogens is 1. The Morgan fingerprint density at radius 2 is 1.75 bits per heavy atom. The van der Waals surface area contributed by atoms with Gasteiger partial charge in [-0.15, -0.1) is 0 Å². The maximum atomic E-state index is 13.2. The van der Waals surface area contributed by atoms with E-state index in [0.717, 1.165) is 0 Å². The third-order valence-corrected chi connectivity index (χ3v) is 7.06. The van der Waals surface area contributed by atoms with Gasteiger partial charge in [-0.2, -0.15) is 4.31 Å². The third kappa shape index (κ3) is 3.57. The van der Waals surface area contributed by atoms with Crippen molar-refractivity contribution in [3.63, 3.8) is 0 Å². The molecular formula is C20H22ClN3O3S. The van der Waals surface area contributed by atoms with Crippen molar-refractivity contribution in [2.45, 2.75) is 38.3 Å². The number of sulfonamides is 1. The van der Waals surface area contributed by atoms with E-state index in [0.29, 0.717) is 28.3 Å². The lowest BCUT2D eigenvalue weighted by Gasteiger charge is -2.28. The van der Waals surface area contributed by atoms with Crippen molar-refractivity contribution in [3.05, 3.63) is 69.7 Å². The van der Waals surface area contributed by atoms with E-state index >= 15 is 0 Å². The van der Waals surface area contributed by atoms with Crippen LogP contribution in [0, 0.1) is 0 Å². The molecule has 0 N–H and O–H groups in total. The van der Waals surface area contributed by atoms with Crippen molar-refractivity contribution in [2.24, 2.45) is 0 Å². The Balaban J connectivity index is 2.15. The first-order chi connectivity index (χ1) is 13.3. The molecule has 0 fully saturated rings. The highest BCUT2D eigenvalue weighted by Gasteiger charge is 2.31. The summed E-state index contributed by atoms with van der Waals surface area (Å²) in [4.78, 5) is 17.7. The number of hydrogen-bond acceptors (Lipinski definition) is 4. The molecule has 0 bridgehead atoms. The molecule has 8 heteroatoms. The standard InChI is InChI=1S/C20H22ClN3O3S/c1-4-23-19(22-18-9-7-6-8-17(18)20(23)25)14(3)24(5-2)28(26,27)16-12-10-15(21)11-13-16/h6-14H,4-5H2,1-3H3. The minimum Gasteiger partial charge on any atom is -0.295 e. The van der Waals surface area contributed by atoms with Crippen molar-refractivity contribution in [1.29, 1.82) is 0 Å². The molecule has 0 saturated heterocycles. The number of aromatic nitrogens is 2. The first-order valence-corrected chi connectivity index (χ1v) is 10.9. The maximum Gasteiger partial charge on any atom is 0.261 e. The predicted octanol–water partition coefficient (Wildman–Crippen LogP) is 3.84. The highest BCUT2D eigenvalue weighted by Crippen LogP contribution is 2.27. The normalized spacial score (nSPS) is 13.2. The summed E-state index contributed by atoms with van der Waals surface area (Å²) in [7, 11) is -3.79. The Morgan fingerprint density at radius 3 is 2.36 bits per heavy atom. The topological polar surface area (TPSA) is 72.3 Å². The second kappa shape index (κ2) is 8.03. The van der Waals surface area contributed by atoms with Crippen LogP contribution in [0.2, 0.25) is 5.02 Å². The van der Waals surface area contributed by atoms with Crippen molar-refractivity contribution >= 4 is 32.5 Å². The van der Waals surface area contributed by atoms with Crippen LogP contribution in [-0.2, 0) is 16.6 Å². The van der Waals surface area contributed by atoms with Gasteiger partial charge in [-0.25, -0.2) is 13.4 Å². The average Bonchev–Trinajstić information content (AvgIpc) is 2.68. The lowest BCUT2D eigenvalue weighted by molar-refractivity contribution is 0.334. The summed E-state index contributed by atoms with van der Waals surface area (Å²) < 4.78 is 29.3. The highest BCUT2D eigenvalue weighted by molar-refractivity contribution is 7.89. The van der Waals surface area contributed by atoms with E-state index in [1.165, 1.54) is 21.0 Å². The molecule has 1 aromatic heterocycles. The molecule has 6 nitrogen and oxygen atoms in total. The molecular weight excluding hydrogens is 398 g/mol. The number of benzene rings is 2. The molecule has 3 aromatic rings. The zero-order chi connectivity index (χ0) is 20.5. The van der Waals surface area contributed by atoms with Gasteiger partial charge in [0, 0.05) is 18.1 Å². The number of para-hydroxylation sites is 1. The molecule has 0 aliphatic heterocycles. The van der Waals surface area contributed by atoms with E-state index in [-0.39, 0.29) is 17.0 Å². The fourth-order valence-corrected chi connectivity index (χ4v) is 5.06. The van der Waals surface area contributed by atoms with Crippen molar-refractivity contribution < 1.29 is 8.42 Å². The molecule has 0 aliphatic rings. The summed E-state index contributed by atoms with van der Waals surface area (Å²) in [5.74, 6) is 0.422. The maximum absolute atomic E-state index is 13.2. The van der Waals surface area contributed by atoms with E-state index in [1.807, 2.05) is 13.0 Å². The summed E-state index contributed by atoms with van der Waals surface area (Å²) in [6.45, 7) is 5.99. The SMILES string of the molecule is CCN(C(C)c1nc2ccccc2c(=O)n1CC)S(=O)(=O)c1ccc(Cl)cc1. The quantitative estimate of drug-likeness (QED) is 0.608. The van der Waals surface area contributed by atoms with E-state index in [4.69, 9.17) is 11.6 Å². The fourth-order valence-electron chi connectivity index (χ4n) is 3.33. The average molecular weight is 420 g/mol. The fraction of sp³-hybridized carbons (Fsp3) is 0.300. The van der Waals surface area contributed by atoms with Gasteiger partial charge in [-0.3, -0.25) is 9.36 Å². The van der Waals surface area contributed by atoms with Gasteiger partial charge < -0.3 is 0 Å². The summed E-state index contributed by atoms with van der Waals surface area (Å²) in [6, 6.07) is 12.5. The van der Waals surface area contributed by atoms with E-state index in [1.54, 1.807) is 44.2 Å². The number of fused-ring (bicyclic) bond motifs is 1. The number of hydrogen-bond donors (Lipinski definition) is 0. The van der Waals surface area contributed by atoms with Crippen molar-refractivity contribution in [1.82, 2.24) is 13.9 Å². The first-order valence-electron chi connectivity index (χ1n) is 9.08. The van der Waals surface area contributed by atoms with Gasteiger partial charge in [0.25, 0.3) is 5.56 Å². The Hall–Kier alpha value is -2.22. The molecule has 0 radical (unpaired) electrons. The van der Waals surface area contributed by atoms with Crippen LogP contribution in [0.15, 0.2) is 58.2 Å². The van der Waals surface area contributed by atoms with Crippen LogP contribution < -0.4 is 5.56 Å². The van der Waals surface area contributed by atoms with Crippen LogP contribution in [-0.4, -0.2) is 28.8 Å². The van der Waals surface area contributed by atoms with Gasteiger partial charge in [0.05, 0.1) is 21.8 Å². The van der Waals surface area contributed by atoms with Gasteiger partial charge in [0.1, 0.15) is 5.82 Å². The molecule has 0 amide bonds. The smallest absolute Gasteiger partial charge is 0.261 e. The molecule has 3 rings (SSSR count). The van der Waals surface area contributed by atoms with Crippen LogP contribution in [0.3, 0.4) is 0 Å². The minimum absolute atomic E-state index is 0.150. The minimum atomic E-state index is -3.79. The van der Waals surface area contributed by atoms with Gasteiger partial charge in [-0.1, -0.05) is 30.7 Å². The molecule has 1 atom stereocenters. The van der Waals surface area contributed by atoms with Gasteiger partial charge in [0.2, 0.25) is 10.0 Å². The van der Waals surface area contributed by atoms with Crippen molar-refractivity contribution in [3.8, 4) is 0 Å². The molecule has 0 aliphatic carbocycles. The highest BCUT2D eigenvalue weighted by atomic mass is 35.5. The Morgan fingerprint density at radius 1 is 1.11 bits per heavy atom. The van der Waals surface area contributed by atoms with Gasteiger partial charge >= 0.3 is 0 Å². The summed E-state index contributed by atoms with van der Waals surface area (Å²) in [6.07, 6.45) is 0. The molecule has 1 unspecified atom stereocenters. The van der Waals surface area contributed by atoms with E-state index in [9.17, 15) is 13.2 Å². The van der Waals surface area contributed by atoms with Crippen LogP contribution in [0.5, 0.6) is 0 Å². The zero-order valence-corrected chi connectivity index (χ0v) is 17.5. The molecule has 1 heterocycles. The van der Waals surface area contributed by atoms with Crippen LogP contribution in [0.4, 0.5) is 0 Å². The molecule has 28 heavy (non-hydrogen) atoms. The van der Waals surface area contributed by atoms with E-state index in [2.05, 4.69) is 4.98 Å². The molecule has 0 saturated carbocycles. The molecule has 148 valence electrons. The Labute approximate surface area is 169 Å². The second-order valence-electron chi connectivity index (χ2n) is 6.37. The van der Waals surface area contributed by atoms with Crippen LogP contribution >= 0.6 is 11.6 Å². The molecule has 0 spiro atoms. The summed E-state index contributed by atoms with van der Waals surface area (Å²) in [5, 5.41) is 0.981. The van der Waals surface area contributed by atoms with Gasteiger partial charge in [0.15, 0.2) is 0 Å².